The molecule has 3 aromatic rings. The number of carbonyl (C=O) groups is 2. The molecule has 0 radical (unpaired) electrons. The Morgan fingerprint density at radius 3 is 1.32 bits per heavy atom. The highest BCUT2D eigenvalue weighted by molar-refractivity contribution is 5.96. The van der Waals surface area contributed by atoms with Crippen molar-refractivity contribution < 1.29 is 9.59 Å². The van der Waals surface area contributed by atoms with E-state index >= 15 is 0 Å². The summed E-state index contributed by atoms with van der Waals surface area (Å²) in [4.78, 5) is 33.6. The minimum Gasteiger partial charge on any atom is -0.347 e. The molecule has 178 valence electrons. The van der Waals surface area contributed by atoms with Crippen molar-refractivity contribution >= 4 is 11.8 Å². The normalized spacial score (nSPS) is 11.0. The smallest absolute Gasteiger partial charge is 0.270 e. The quantitative estimate of drug-likeness (QED) is 0.487. The molecule has 0 aliphatic carbocycles. The van der Waals surface area contributed by atoms with Crippen molar-refractivity contribution in [2.75, 3.05) is 28.2 Å². The molecule has 1 aromatic heterocycles. The Balaban J connectivity index is 1.52. The Morgan fingerprint density at radius 2 is 0.971 bits per heavy atom. The summed E-state index contributed by atoms with van der Waals surface area (Å²) in [6.45, 7) is 2.52. The first-order valence-corrected chi connectivity index (χ1v) is 11.3. The van der Waals surface area contributed by atoms with Gasteiger partial charge in [-0.15, -0.1) is 0 Å². The molecule has 3 rings (SSSR count). The summed E-state index contributed by atoms with van der Waals surface area (Å²) in [5.41, 5.74) is 4.85. The third-order valence-electron chi connectivity index (χ3n) is 5.16. The van der Waals surface area contributed by atoms with Crippen LogP contribution < -0.4 is 10.6 Å². The number of carbonyl (C=O) groups excluding carboxylic acids is 2. The number of hydrogen-bond donors (Lipinski definition) is 2. The van der Waals surface area contributed by atoms with Gasteiger partial charge in [0.15, 0.2) is 0 Å². The van der Waals surface area contributed by atoms with Crippen LogP contribution in [0.3, 0.4) is 0 Å². The van der Waals surface area contributed by atoms with E-state index in [9.17, 15) is 9.59 Å². The van der Waals surface area contributed by atoms with Crippen LogP contribution in [0.1, 0.15) is 43.2 Å². The monoisotopic (exact) mass is 459 g/mol. The number of nitrogens with zero attached hydrogens (tertiary/aromatic N) is 3. The number of amides is 2. The minimum absolute atomic E-state index is 0.213. The second-order valence-electron chi connectivity index (χ2n) is 8.88. The average molecular weight is 460 g/mol. The highest BCUT2D eigenvalue weighted by Crippen LogP contribution is 2.08. The molecule has 2 N–H and O–H groups in total. The van der Waals surface area contributed by atoms with E-state index in [4.69, 9.17) is 0 Å². The molecule has 0 bridgehead atoms. The van der Waals surface area contributed by atoms with Crippen molar-refractivity contribution in [3.8, 4) is 0 Å². The maximum atomic E-state index is 12.6. The fourth-order valence-electron chi connectivity index (χ4n) is 3.49. The van der Waals surface area contributed by atoms with Crippen molar-refractivity contribution in [2.45, 2.75) is 26.2 Å². The molecule has 7 nitrogen and oxygen atoms in total. The number of nitrogens with one attached hydrogen (secondary N) is 2. The van der Waals surface area contributed by atoms with Crippen molar-refractivity contribution in [2.24, 2.45) is 0 Å². The lowest BCUT2D eigenvalue weighted by Gasteiger charge is -2.11. The van der Waals surface area contributed by atoms with Crippen LogP contribution >= 0.6 is 0 Å². The summed E-state index contributed by atoms with van der Waals surface area (Å²) in [7, 11) is 8.11. The van der Waals surface area contributed by atoms with Gasteiger partial charge in [0.2, 0.25) is 0 Å². The number of aromatic nitrogens is 1. The van der Waals surface area contributed by atoms with Crippen LogP contribution in [0.15, 0.2) is 66.7 Å². The summed E-state index contributed by atoms with van der Waals surface area (Å²) in [5, 5.41) is 5.74. The van der Waals surface area contributed by atoms with Gasteiger partial charge >= 0.3 is 0 Å². The van der Waals surface area contributed by atoms with Gasteiger partial charge < -0.3 is 20.4 Å². The summed E-state index contributed by atoms with van der Waals surface area (Å²) >= 11 is 0. The third-order valence-corrected chi connectivity index (χ3v) is 5.16. The molecule has 7 heteroatoms. The fourth-order valence-corrected chi connectivity index (χ4v) is 3.49. The van der Waals surface area contributed by atoms with Crippen molar-refractivity contribution in [1.29, 1.82) is 0 Å². The first kappa shape index (κ1) is 25.1. The van der Waals surface area contributed by atoms with Gasteiger partial charge in [0, 0.05) is 26.2 Å². The van der Waals surface area contributed by atoms with Crippen LogP contribution in [0.4, 0.5) is 0 Å². The molecule has 0 unspecified atom stereocenters. The van der Waals surface area contributed by atoms with Crippen LogP contribution in [-0.4, -0.2) is 54.8 Å². The third kappa shape index (κ3) is 7.79. The maximum absolute atomic E-state index is 12.6. The molecule has 1 heterocycles. The number of pyridine rings is 1. The van der Waals surface area contributed by atoms with Gasteiger partial charge in [-0.25, -0.2) is 4.98 Å². The van der Waals surface area contributed by atoms with E-state index < -0.39 is 0 Å². The topological polar surface area (TPSA) is 77.6 Å². The lowest BCUT2D eigenvalue weighted by Crippen LogP contribution is -2.27. The molecule has 2 amide bonds. The van der Waals surface area contributed by atoms with E-state index in [-0.39, 0.29) is 23.2 Å². The summed E-state index contributed by atoms with van der Waals surface area (Å²) in [5.74, 6) is -0.632. The average Bonchev–Trinajstić information content (AvgIpc) is 2.82. The van der Waals surface area contributed by atoms with Crippen LogP contribution in [0.25, 0.3) is 0 Å². The standard InChI is InChI=1S/C27H33N5O2/c1-31(2)18-22-12-8-20(9-13-22)16-28-26(33)24-6-5-7-25(30-24)27(34)29-17-21-10-14-23(15-11-21)19-32(3)4/h5-15H,16-19H2,1-4H3,(H,28,33)(H,29,34). The molecule has 0 saturated carbocycles. The molecule has 0 aliphatic heterocycles. The number of rotatable bonds is 10. The largest absolute Gasteiger partial charge is 0.347 e. The molecule has 0 fully saturated rings. The lowest BCUT2D eigenvalue weighted by atomic mass is 10.1. The van der Waals surface area contributed by atoms with Gasteiger partial charge in [0.1, 0.15) is 11.4 Å². The van der Waals surface area contributed by atoms with E-state index in [0.717, 1.165) is 24.2 Å². The van der Waals surface area contributed by atoms with Crippen LogP contribution in [0, 0.1) is 0 Å². The summed E-state index contributed by atoms with van der Waals surface area (Å²) in [6.07, 6.45) is 0. The minimum atomic E-state index is -0.316. The maximum Gasteiger partial charge on any atom is 0.270 e. The predicted molar refractivity (Wildman–Crippen MR) is 134 cm³/mol. The van der Waals surface area contributed by atoms with E-state index in [1.807, 2.05) is 52.5 Å². The SMILES string of the molecule is CN(C)Cc1ccc(CNC(=O)c2cccc(C(=O)NCc3ccc(CN(C)C)cc3)n2)cc1. The Morgan fingerprint density at radius 1 is 0.618 bits per heavy atom. The lowest BCUT2D eigenvalue weighted by molar-refractivity contribution is 0.0941. The van der Waals surface area contributed by atoms with E-state index in [0.29, 0.717) is 13.1 Å². The Hall–Kier alpha value is -3.55. The van der Waals surface area contributed by atoms with E-state index in [1.54, 1.807) is 18.2 Å². The molecule has 2 aromatic carbocycles. The molecular formula is C27H33N5O2. The molecular weight excluding hydrogens is 426 g/mol. The number of benzene rings is 2. The zero-order valence-electron chi connectivity index (χ0n) is 20.3. The van der Waals surface area contributed by atoms with Crippen LogP contribution in [0.5, 0.6) is 0 Å². The van der Waals surface area contributed by atoms with Crippen LogP contribution in [-0.2, 0) is 26.2 Å². The van der Waals surface area contributed by atoms with Crippen LogP contribution in [0.2, 0.25) is 0 Å². The Bertz CT molecular complexity index is 1010. The molecule has 0 saturated heterocycles. The number of hydrogen-bond acceptors (Lipinski definition) is 5. The van der Waals surface area contributed by atoms with Gasteiger partial charge in [-0.2, -0.15) is 0 Å². The highest BCUT2D eigenvalue weighted by atomic mass is 16.2. The second-order valence-corrected chi connectivity index (χ2v) is 8.88. The second kappa shape index (κ2) is 12.1. The first-order chi connectivity index (χ1) is 16.3. The molecule has 0 aliphatic rings. The summed E-state index contributed by atoms with van der Waals surface area (Å²) < 4.78 is 0. The van der Waals surface area contributed by atoms with Gasteiger partial charge in [0.05, 0.1) is 0 Å². The Labute approximate surface area is 201 Å². The molecule has 0 atom stereocenters. The van der Waals surface area contributed by atoms with Gasteiger partial charge in [-0.3, -0.25) is 9.59 Å². The molecule has 34 heavy (non-hydrogen) atoms. The highest BCUT2D eigenvalue weighted by Gasteiger charge is 2.12. The zero-order valence-corrected chi connectivity index (χ0v) is 20.3. The fraction of sp³-hybridized carbons (Fsp3) is 0.296. The van der Waals surface area contributed by atoms with Gasteiger partial charge in [0.25, 0.3) is 11.8 Å². The Kier molecular flexibility index (Phi) is 8.90. The van der Waals surface area contributed by atoms with Crippen molar-refractivity contribution in [3.05, 3.63) is 100 Å². The van der Waals surface area contributed by atoms with E-state index in [2.05, 4.69) is 49.7 Å². The predicted octanol–water partition coefficient (Wildman–Crippen LogP) is 3.06. The summed E-state index contributed by atoms with van der Waals surface area (Å²) in [6, 6.07) is 21.1. The van der Waals surface area contributed by atoms with Gasteiger partial charge in [-0.1, -0.05) is 54.6 Å². The first-order valence-electron chi connectivity index (χ1n) is 11.3. The van der Waals surface area contributed by atoms with Gasteiger partial charge in [-0.05, 0) is 62.6 Å². The zero-order chi connectivity index (χ0) is 24.5. The molecule has 0 spiro atoms. The van der Waals surface area contributed by atoms with Crippen molar-refractivity contribution in [3.63, 3.8) is 0 Å². The van der Waals surface area contributed by atoms with Crippen molar-refractivity contribution in [1.82, 2.24) is 25.4 Å². The van der Waals surface area contributed by atoms with E-state index in [1.165, 1.54) is 11.1 Å².